The molecule has 1 aromatic carbocycles. The third-order valence-corrected chi connectivity index (χ3v) is 6.14. The Balaban J connectivity index is 0.00000280. The Bertz CT molecular complexity index is 912. The fourth-order valence-electron chi connectivity index (χ4n) is 3.20. The smallest absolute Gasteiger partial charge is 0.254 e. The Morgan fingerprint density at radius 2 is 1.96 bits per heavy atom. The average molecular weight is 428 g/mol. The first-order valence-corrected chi connectivity index (χ1v) is 10.4. The standard InChI is InChI=1S/C18H25N5O3S.ClH/c1-13(2)21-27(25,26)15-6-4-14(5-7-15)18(24)23-11-8-19-12-16(23)17-20-9-10-22(17)3;/h4-7,9-10,13,16,19,21H,8,11-12H2,1-3H3;1H. The molecule has 1 atom stereocenters. The molecule has 0 radical (unpaired) electrons. The van der Waals surface area contributed by atoms with E-state index in [0.717, 1.165) is 5.82 Å². The van der Waals surface area contributed by atoms with Gasteiger partial charge in [-0.05, 0) is 38.1 Å². The molecule has 0 bridgehead atoms. The quantitative estimate of drug-likeness (QED) is 0.750. The molecule has 1 fully saturated rings. The normalized spacial score (nSPS) is 17.4. The molecule has 10 heteroatoms. The van der Waals surface area contributed by atoms with Crippen molar-refractivity contribution in [1.29, 1.82) is 0 Å². The topological polar surface area (TPSA) is 96.3 Å². The fraction of sp³-hybridized carbons (Fsp3) is 0.444. The second kappa shape index (κ2) is 9.04. The number of carbonyl (C=O) groups excluding carboxylic acids is 1. The van der Waals surface area contributed by atoms with Gasteiger partial charge in [0.1, 0.15) is 11.9 Å². The lowest BCUT2D eigenvalue weighted by atomic mass is 10.1. The zero-order valence-corrected chi connectivity index (χ0v) is 17.8. The highest BCUT2D eigenvalue weighted by atomic mass is 35.5. The average Bonchev–Trinajstić information content (AvgIpc) is 3.06. The number of sulfonamides is 1. The molecular formula is C18H26ClN5O3S. The minimum absolute atomic E-state index is 0. The number of carbonyl (C=O) groups is 1. The summed E-state index contributed by atoms with van der Waals surface area (Å²) < 4.78 is 28.9. The molecule has 28 heavy (non-hydrogen) atoms. The van der Waals surface area contributed by atoms with Gasteiger partial charge in [0.2, 0.25) is 10.0 Å². The Morgan fingerprint density at radius 1 is 1.29 bits per heavy atom. The molecule has 1 amide bonds. The number of rotatable bonds is 5. The van der Waals surface area contributed by atoms with Gasteiger partial charge in [0.25, 0.3) is 5.91 Å². The van der Waals surface area contributed by atoms with Gasteiger partial charge >= 0.3 is 0 Å². The summed E-state index contributed by atoms with van der Waals surface area (Å²) in [6.45, 7) is 5.42. The van der Waals surface area contributed by atoms with Crippen molar-refractivity contribution >= 4 is 28.3 Å². The van der Waals surface area contributed by atoms with E-state index in [0.29, 0.717) is 25.2 Å². The lowest BCUT2D eigenvalue weighted by Crippen LogP contribution is -2.49. The first kappa shape index (κ1) is 22.4. The first-order chi connectivity index (χ1) is 12.8. The van der Waals surface area contributed by atoms with E-state index in [1.807, 2.05) is 17.8 Å². The van der Waals surface area contributed by atoms with Crippen molar-refractivity contribution < 1.29 is 13.2 Å². The molecule has 8 nitrogen and oxygen atoms in total. The number of imidazole rings is 1. The van der Waals surface area contributed by atoms with Crippen LogP contribution in [0.1, 0.15) is 36.1 Å². The summed E-state index contributed by atoms with van der Waals surface area (Å²) in [5.74, 6) is 0.682. The van der Waals surface area contributed by atoms with Gasteiger partial charge in [0, 0.05) is 50.7 Å². The lowest BCUT2D eigenvalue weighted by Gasteiger charge is -2.35. The summed E-state index contributed by atoms with van der Waals surface area (Å²) in [7, 11) is -1.67. The van der Waals surface area contributed by atoms with Crippen molar-refractivity contribution in [1.82, 2.24) is 24.5 Å². The van der Waals surface area contributed by atoms with Crippen LogP contribution in [0.5, 0.6) is 0 Å². The minimum atomic E-state index is -3.58. The van der Waals surface area contributed by atoms with Crippen LogP contribution in [0, 0.1) is 0 Å². The van der Waals surface area contributed by atoms with Crippen molar-refractivity contribution in [2.75, 3.05) is 19.6 Å². The van der Waals surface area contributed by atoms with Crippen LogP contribution in [0.4, 0.5) is 0 Å². The van der Waals surface area contributed by atoms with E-state index in [-0.39, 0.29) is 35.3 Å². The van der Waals surface area contributed by atoms with Crippen LogP contribution < -0.4 is 10.0 Å². The van der Waals surface area contributed by atoms with Crippen LogP contribution in [0.25, 0.3) is 0 Å². The molecular weight excluding hydrogens is 402 g/mol. The van der Waals surface area contributed by atoms with Crippen LogP contribution in [-0.2, 0) is 17.1 Å². The van der Waals surface area contributed by atoms with Crippen LogP contribution in [0.3, 0.4) is 0 Å². The van der Waals surface area contributed by atoms with Gasteiger partial charge in [-0.2, -0.15) is 0 Å². The Morgan fingerprint density at radius 3 is 2.54 bits per heavy atom. The molecule has 2 aromatic rings. The third kappa shape index (κ3) is 4.72. The molecule has 1 unspecified atom stereocenters. The second-order valence-electron chi connectivity index (χ2n) is 6.92. The van der Waals surface area contributed by atoms with Crippen LogP contribution >= 0.6 is 12.4 Å². The Hall–Kier alpha value is -1.94. The van der Waals surface area contributed by atoms with Crippen LogP contribution in [0.2, 0.25) is 0 Å². The number of aromatic nitrogens is 2. The number of nitrogens with one attached hydrogen (secondary N) is 2. The number of amides is 1. The van der Waals surface area contributed by atoms with Gasteiger partial charge in [-0.3, -0.25) is 4.79 Å². The molecule has 1 aromatic heterocycles. The summed E-state index contributed by atoms with van der Waals surface area (Å²) in [6, 6.07) is 5.70. The van der Waals surface area contributed by atoms with Crippen LogP contribution in [0.15, 0.2) is 41.6 Å². The number of piperazine rings is 1. The van der Waals surface area contributed by atoms with E-state index >= 15 is 0 Å². The summed E-state index contributed by atoms with van der Waals surface area (Å²) in [4.78, 5) is 19.4. The predicted molar refractivity (Wildman–Crippen MR) is 109 cm³/mol. The Labute approximate surface area is 171 Å². The maximum atomic E-state index is 13.1. The molecule has 0 aliphatic carbocycles. The van der Waals surface area contributed by atoms with Crippen LogP contribution in [-0.4, -0.2) is 54.5 Å². The van der Waals surface area contributed by atoms with Gasteiger partial charge in [-0.15, -0.1) is 12.4 Å². The molecule has 154 valence electrons. The van der Waals surface area contributed by atoms with E-state index in [1.54, 1.807) is 37.1 Å². The van der Waals surface area contributed by atoms with Crippen molar-refractivity contribution in [3.63, 3.8) is 0 Å². The number of hydrogen-bond acceptors (Lipinski definition) is 5. The largest absolute Gasteiger partial charge is 0.336 e. The fourth-order valence-corrected chi connectivity index (χ4v) is 4.45. The number of hydrogen-bond donors (Lipinski definition) is 2. The molecule has 2 heterocycles. The summed E-state index contributed by atoms with van der Waals surface area (Å²) in [6.07, 6.45) is 3.57. The van der Waals surface area contributed by atoms with E-state index in [1.165, 1.54) is 12.1 Å². The monoisotopic (exact) mass is 427 g/mol. The van der Waals surface area contributed by atoms with E-state index in [9.17, 15) is 13.2 Å². The lowest BCUT2D eigenvalue weighted by molar-refractivity contribution is 0.0620. The van der Waals surface area contributed by atoms with Gasteiger partial charge in [0.05, 0.1) is 4.90 Å². The minimum Gasteiger partial charge on any atom is -0.336 e. The van der Waals surface area contributed by atoms with E-state index in [2.05, 4.69) is 15.0 Å². The highest BCUT2D eigenvalue weighted by molar-refractivity contribution is 7.89. The molecule has 1 saturated heterocycles. The van der Waals surface area contributed by atoms with Gasteiger partial charge < -0.3 is 14.8 Å². The SMILES string of the molecule is CC(C)NS(=O)(=O)c1ccc(C(=O)N2CCNCC2c2nccn2C)cc1.Cl. The summed E-state index contributed by atoms with van der Waals surface area (Å²) >= 11 is 0. The highest BCUT2D eigenvalue weighted by Gasteiger charge is 2.31. The zero-order chi connectivity index (χ0) is 19.6. The highest BCUT2D eigenvalue weighted by Crippen LogP contribution is 2.23. The van der Waals surface area contributed by atoms with Crippen molar-refractivity contribution in [2.24, 2.45) is 7.05 Å². The molecule has 0 spiro atoms. The second-order valence-corrected chi connectivity index (χ2v) is 8.63. The van der Waals surface area contributed by atoms with Crippen molar-refractivity contribution in [3.8, 4) is 0 Å². The molecule has 1 aliphatic rings. The zero-order valence-electron chi connectivity index (χ0n) is 16.1. The number of aryl methyl sites for hydroxylation is 1. The first-order valence-electron chi connectivity index (χ1n) is 8.91. The summed E-state index contributed by atoms with van der Waals surface area (Å²) in [5.41, 5.74) is 0.458. The third-order valence-electron chi connectivity index (χ3n) is 4.46. The van der Waals surface area contributed by atoms with E-state index < -0.39 is 10.0 Å². The Kier molecular flexibility index (Phi) is 7.22. The van der Waals surface area contributed by atoms with Gasteiger partial charge in [-0.25, -0.2) is 18.1 Å². The number of nitrogens with zero attached hydrogens (tertiary/aromatic N) is 3. The maximum absolute atomic E-state index is 13.1. The maximum Gasteiger partial charge on any atom is 0.254 e. The molecule has 1 aliphatic heterocycles. The molecule has 3 rings (SSSR count). The number of halogens is 1. The predicted octanol–water partition coefficient (Wildman–Crippen LogP) is 1.32. The molecule has 0 saturated carbocycles. The van der Waals surface area contributed by atoms with Crippen molar-refractivity contribution in [2.45, 2.75) is 30.8 Å². The van der Waals surface area contributed by atoms with E-state index in [4.69, 9.17) is 0 Å². The summed E-state index contributed by atoms with van der Waals surface area (Å²) in [5, 5.41) is 3.30. The van der Waals surface area contributed by atoms with Gasteiger partial charge in [-0.1, -0.05) is 0 Å². The van der Waals surface area contributed by atoms with Crippen molar-refractivity contribution in [3.05, 3.63) is 48.0 Å². The number of benzene rings is 1. The molecule has 2 N–H and O–H groups in total. The van der Waals surface area contributed by atoms with Gasteiger partial charge in [0.15, 0.2) is 0 Å².